The SMILES string of the molecule is COC(=O)c1nc(-c2c(C(F)F)ccc(Cl)c2F)cc(=O)[nH]1. The van der Waals surface area contributed by atoms with Crippen LogP contribution in [0.4, 0.5) is 13.2 Å². The molecular formula is C13H8ClF3N2O3. The quantitative estimate of drug-likeness (QED) is 0.877. The third kappa shape index (κ3) is 2.96. The average Bonchev–Trinajstić information content (AvgIpc) is 2.47. The number of carbonyl (C=O) groups is 1. The molecule has 22 heavy (non-hydrogen) atoms. The number of benzene rings is 1. The lowest BCUT2D eigenvalue weighted by Gasteiger charge is -2.11. The minimum Gasteiger partial charge on any atom is -0.463 e. The molecule has 0 saturated heterocycles. The predicted molar refractivity (Wildman–Crippen MR) is 71.6 cm³/mol. The standard InChI is InChI=1S/C13H8ClF3N2O3/c1-22-13(21)12-18-7(4-8(20)19-12)9-5(11(16)17)2-3-6(14)10(9)15/h2-4,11H,1H3,(H,18,19,20). The number of aromatic nitrogens is 2. The molecule has 0 saturated carbocycles. The zero-order valence-electron chi connectivity index (χ0n) is 11.0. The molecular weight excluding hydrogens is 325 g/mol. The maximum atomic E-state index is 14.1. The third-order valence-corrected chi connectivity index (χ3v) is 3.03. The van der Waals surface area contributed by atoms with Crippen molar-refractivity contribution in [2.24, 2.45) is 0 Å². The van der Waals surface area contributed by atoms with Gasteiger partial charge in [-0.2, -0.15) is 0 Å². The largest absolute Gasteiger partial charge is 0.463 e. The van der Waals surface area contributed by atoms with Crippen molar-refractivity contribution in [2.75, 3.05) is 7.11 Å². The van der Waals surface area contributed by atoms with Gasteiger partial charge < -0.3 is 9.72 Å². The highest BCUT2D eigenvalue weighted by Gasteiger charge is 2.23. The van der Waals surface area contributed by atoms with Crippen molar-refractivity contribution < 1.29 is 22.7 Å². The lowest BCUT2D eigenvalue weighted by atomic mass is 10.0. The summed E-state index contributed by atoms with van der Waals surface area (Å²) in [6.45, 7) is 0. The van der Waals surface area contributed by atoms with Crippen LogP contribution in [0.5, 0.6) is 0 Å². The maximum Gasteiger partial charge on any atom is 0.374 e. The number of carbonyl (C=O) groups excluding carboxylic acids is 1. The number of hydrogen-bond donors (Lipinski definition) is 1. The van der Waals surface area contributed by atoms with E-state index in [1.54, 1.807) is 0 Å². The van der Waals surface area contributed by atoms with Crippen LogP contribution < -0.4 is 5.56 Å². The van der Waals surface area contributed by atoms with Gasteiger partial charge in [-0.05, 0) is 6.07 Å². The second-order valence-electron chi connectivity index (χ2n) is 4.10. The summed E-state index contributed by atoms with van der Waals surface area (Å²) in [5.41, 5.74) is -2.61. The molecule has 116 valence electrons. The van der Waals surface area contributed by atoms with Gasteiger partial charge in [0, 0.05) is 17.2 Å². The van der Waals surface area contributed by atoms with Crippen LogP contribution >= 0.6 is 11.6 Å². The van der Waals surface area contributed by atoms with Gasteiger partial charge in [-0.1, -0.05) is 17.7 Å². The number of methoxy groups -OCH3 is 1. The maximum absolute atomic E-state index is 14.1. The van der Waals surface area contributed by atoms with Crippen molar-refractivity contribution in [3.63, 3.8) is 0 Å². The number of esters is 1. The van der Waals surface area contributed by atoms with Crippen LogP contribution in [-0.2, 0) is 4.74 Å². The highest BCUT2D eigenvalue weighted by molar-refractivity contribution is 6.31. The summed E-state index contributed by atoms with van der Waals surface area (Å²) in [4.78, 5) is 28.7. The van der Waals surface area contributed by atoms with E-state index in [1.807, 2.05) is 0 Å². The molecule has 0 aliphatic carbocycles. The van der Waals surface area contributed by atoms with Crippen LogP contribution in [0, 0.1) is 5.82 Å². The Morgan fingerprint density at radius 1 is 1.41 bits per heavy atom. The first-order chi connectivity index (χ1) is 10.3. The van der Waals surface area contributed by atoms with Gasteiger partial charge in [0.15, 0.2) is 5.82 Å². The Balaban J connectivity index is 2.76. The van der Waals surface area contributed by atoms with Gasteiger partial charge in [0.25, 0.3) is 12.0 Å². The number of halogens is 4. The van der Waals surface area contributed by atoms with E-state index in [1.165, 1.54) is 0 Å². The molecule has 0 bridgehead atoms. The van der Waals surface area contributed by atoms with Crippen LogP contribution in [0.3, 0.4) is 0 Å². The van der Waals surface area contributed by atoms with E-state index in [0.29, 0.717) is 0 Å². The molecule has 1 aromatic carbocycles. The second-order valence-corrected chi connectivity index (χ2v) is 4.50. The van der Waals surface area contributed by atoms with E-state index < -0.39 is 51.4 Å². The fourth-order valence-corrected chi connectivity index (χ4v) is 1.94. The molecule has 0 radical (unpaired) electrons. The number of rotatable bonds is 3. The first-order valence-electron chi connectivity index (χ1n) is 5.81. The molecule has 0 atom stereocenters. The number of H-pyrrole nitrogens is 1. The molecule has 0 amide bonds. The van der Waals surface area contributed by atoms with E-state index in [0.717, 1.165) is 25.3 Å². The summed E-state index contributed by atoms with van der Waals surface area (Å²) in [6.07, 6.45) is -3.02. The molecule has 2 aromatic rings. The first kappa shape index (κ1) is 16.0. The lowest BCUT2D eigenvalue weighted by molar-refractivity contribution is 0.0586. The van der Waals surface area contributed by atoms with Crippen molar-refractivity contribution >= 4 is 17.6 Å². The monoisotopic (exact) mass is 332 g/mol. The van der Waals surface area contributed by atoms with Crippen LogP contribution in [0.15, 0.2) is 23.0 Å². The molecule has 0 fully saturated rings. The van der Waals surface area contributed by atoms with Gasteiger partial charge in [-0.15, -0.1) is 0 Å². The fourth-order valence-electron chi connectivity index (χ4n) is 1.79. The Morgan fingerprint density at radius 2 is 2.09 bits per heavy atom. The molecule has 0 unspecified atom stereocenters. The number of nitrogens with one attached hydrogen (secondary N) is 1. The normalized spacial score (nSPS) is 10.8. The predicted octanol–water partition coefficient (Wildman–Crippen LogP) is 2.95. The van der Waals surface area contributed by atoms with Crippen molar-refractivity contribution in [2.45, 2.75) is 6.43 Å². The Kier molecular flexibility index (Phi) is 4.51. The van der Waals surface area contributed by atoms with E-state index in [9.17, 15) is 22.8 Å². The number of ether oxygens (including phenoxy) is 1. The minimum atomic E-state index is -3.02. The summed E-state index contributed by atoms with van der Waals surface area (Å²) in [5, 5.41) is -0.416. The van der Waals surface area contributed by atoms with Crippen LogP contribution in [-0.4, -0.2) is 23.0 Å². The van der Waals surface area contributed by atoms with Gasteiger partial charge in [0.1, 0.15) is 0 Å². The number of hydrogen-bond acceptors (Lipinski definition) is 4. The molecule has 0 spiro atoms. The Bertz CT molecular complexity index is 793. The summed E-state index contributed by atoms with van der Waals surface area (Å²) in [7, 11) is 1.04. The third-order valence-electron chi connectivity index (χ3n) is 2.74. The lowest BCUT2D eigenvalue weighted by Crippen LogP contribution is -2.17. The Labute approximate surface area is 126 Å². The molecule has 9 heteroatoms. The molecule has 2 rings (SSSR count). The van der Waals surface area contributed by atoms with Gasteiger partial charge in [0.2, 0.25) is 5.82 Å². The van der Waals surface area contributed by atoms with Crippen LogP contribution in [0.2, 0.25) is 5.02 Å². The second kappa shape index (κ2) is 6.18. The summed E-state index contributed by atoms with van der Waals surface area (Å²) in [5.74, 6) is -2.70. The molecule has 1 heterocycles. The topological polar surface area (TPSA) is 72.0 Å². The van der Waals surface area contributed by atoms with Crippen molar-refractivity contribution in [3.05, 3.63) is 50.8 Å². The number of alkyl halides is 2. The van der Waals surface area contributed by atoms with Crippen molar-refractivity contribution in [1.82, 2.24) is 9.97 Å². The van der Waals surface area contributed by atoms with E-state index >= 15 is 0 Å². The highest BCUT2D eigenvalue weighted by Crippen LogP contribution is 2.35. The molecule has 0 aliphatic rings. The Morgan fingerprint density at radius 3 is 2.68 bits per heavy atom. The summed E-state index contributed by atoms with van der Waals surface area (Å²) < 4.78 is 44.6. The van der Waals surface area contributed by atoms with Gasteiger partial charge in [0.05, 0.1) is 17.8 Å². The summed E-state index contributed by atoms with van der Waals surface area (Å²) in [6, 6.07) is 2.68. The zero-order valence-corrected chi connectivity index (χ0v) is 11.7. The fraction of sp³-hybridized carbons (Fsp3) is 0.154. The van der Waals surface area contributed by atoms with Crippen LogP contribution in [0.25, 0.3) is 11.3 Å². The Hall–Kier alpha value is -2.35. The van der Waals surface area contributed by atoms with Crippen molar-refractivity contribution in [3.8, 4) is 11.3 Å². The first-order valence-corrected chi connectivity index (χ1v) is 6.19. The van der Waals surface area contributed by atoms with Crippen LogP contribution in [0.1, 0.15) is 22.6 Å². The average molecular weight is 333 g/mol. The number of nitrogens with zero attached hydrogens (tertiary/aromatic N) is 1. The number of aromatic amines is 1. The van der Waals surface area contributed by atoms with Gasteiger partial charge >= 0.3 is 5.97 Å². The zero-order chi connectivity index (χ0) is 16.4. The molecule has 5 nitrogen and oxygen atoms in total. The molecule has 1 N–H and O–H groups in total. The molecule has 0 aliphatic heterocycles. The highest BCUT2D eigenvalue weighted by atomic mass is 35.5. The smallest absolute Gasteiger partial charge is 0.374 e. The van der Waals surface area contributed by atoms with E-state index in [2.05, 4.69) is 14.7 Å². The van der Waals surface area contributed by atoms with Gasteiger partial charge in [-0.3, -0.25) is 4.79 Å². The molecule has 1 aromatic heterocycles. The minimum absolute atomic E-state index is 0.416. The van der Waals surface area contributed by atoms with E-state index in [4.69, 9.17) is 11.6 Å². The van der Waals surface area contributed by atoms with E-state index in [-0.39, 0.29) is 0 Å². The summed E-state index contributed by atoms with van der Waals surface area (Å²) >= 11 is 5.58. The van der Waals surface area contributed by atoms with Crippen molar-refractivity contribution in [1.29, 1.82) is 0 Å². The van der Waals surface area contributed by atoms with Gasteiger partial charge in [-0.25, -0.2) is 22.9 Å².